The molecule has 1 amide bonds. The fourth-order valence-corrected chi connectivity index (χ4v) is 3.12. The summed E-state index contributed by atoms with van der Waals surface area (Å²) in [6.45, 7) is 3.61. The third kappa shape index (κ3) is 3.75. The van der Waals surface area contributed by atoms with Crippen LogP contribution in [0.4, 0.5) is 20.4 Å². The van der Waals surface area contributed by atoms with Crippen molar-refractivity contribution in [2.45, 2.75) is 19.8 Å². The number of halogens is 2. The molecule has 1 aliphatic rings. The summed E-state index contributed by atoms with van der Waals surface area (Å²) in [6.07, 6.45) is 4.75. The Morgan fingerprint density at radius 2 is 1.88 bits per heavy atom. The van der Waals surface area contributed by atoms with Crippen LogP contribution in [0.15, 0.2) is 36.7 Å². The quantitative estimate of drug-likeness (QED) is 0.854. The topological polar surface area (TPSA) is 49.3 Å². The van der Waals surface area contributed by atoms with E-state index in [2.05, 4.69) is 14.9 Å². The number of benzene rings is 1. The summed E-state index contributed by atoms with van der Waals surface area (Å²) in [5, 5.41) is 0. The van der Waals surface area contributed by atoms with Crippen molar-refractivity contribution in [2.24, 2.45) is 5.92 Å². The third-order valence-corrected chi connectivity index (χ3v) is 4.48. The van der Waals surface area contributed by atoms with Crippen LogP contribution >= 0.6 is 0 Å². The minimum Gasteiger partial charge on any atom is -0.341 e. The lowest BCUT2D eigenvalue weighted by Gasteiger charge is -2.34. The largest absolute Gasteiger partial charge is 0.341 e. The predicted molar refractivity (Wildman–Crippen MR) is 91.4 cm³/mol. The van der Waals surface area contributed by atoms with Gasteiger partial charge in [-0.05, 0) is 38.0 Å². The maximum absolute atomic E-state index is 13.5. The Kier molecular flexibility index (Phi) is 5.21. The van der Waals surface area contributed by atoms with Gasteiger partial charge in [-0.3, -0.25) is 4.79 Å². The second kappa shape index (κ2) is 7.55. The first-order valence-corrected chi connectivity index (χ1v) is 8.38. The molecule has 0 N–H and O–H groups in total. The number of amides is 1. The number of rotatable bonds is 4. The Balaban J connectivity index is 1.67. The molecule has 1 aromatic carbocycles. The van der Waals surface area contributed by atoms with E-state index >= 15 is 0 Å². The van der Waals surface area contributed by atoms with E-state index in [4.69, 9.17) is 0 Å². The van der Waals surface area contributed by atoms with Crippen molar-refractivity contribution in [3.05, 3.63) is 48.3 Å². The van der Waals surface area contributed by atoms with Gasteiger partial charge >= 0.3 is 0 Å². The summed E-state index contributed by atoms with van der Waals surface area (Å²) >= 11 is 0. The number of hydrogen-bond donors (Lipinski definition) is 0. The molecule has 0 unspecified atom stereocenters. The molecule has 0 spiro atoms. The van der Waals surface area contributed by atoms with Crippen molar-refractivity contribution in [1.82, 2.24) is 9.97 Å². The monoisotopic (exact) mass is 346 g/mol. The smallest absolute Gasteiger partial charge is 0.230 e. The van der Waals surface area contributed by atoms with Gasteiger partial charge in [-0.2, -0.15) is 0 Å². The second-order valence-corrected chi connectivity index (χ2v) is 5.99. The van der Waals surface area contributed by atoms with Crippen molar-refractivity contribution >= 4 is 17.5 Å². The number of carbonyl (C=O) groups excluding carboxylic acids is 1. The summed E-state index contributed by atoms with van der Waals surface area (Å²) in [7, 11) is 0. The van der Waals surface area contributed by atoms with E-state index in [1.54, 1.807) is 18.5 Å². The van der Waals surface area contributed by atoms with E-state index in [1.165, 1.54) is 11.0 Å². The second-order valence-electron chi connectivity index (χ2n) is 5.99. The average Bonchev–Trinajstić information content (AvgIpc) is 2.66. The van der Waals surface area contributed by atoms with Crippen molar-refractivity contribution in [3.63, 3.8) is 0 Å². The van der Waals surface area contributed by atoms with Crippen LogP contribution in [0.5, 0.6) is 0 Å². The summed E-state index contributed by atoms with van der Waals surface area (Å²) in [5.74, 6) is -1.39. The average molecular weight is 346 g/mol. The first kappa shape index (κ1) is 17.3. The molecule has 0 aliphatic carbocycles. The van der Waals surface area contributed by atoms with E-state index in [0.29, 0.717) is 44.1 Å². The van der Waals surface area contributed by atoms with Gasteiger partial charge in [0.15, 0.2) is 11.6 Å². The van der Waals surface area contributed by atoms with E-state index in [-0.39, 0.29) is 11.8 Å². The van der Waals surface area contributed by atoms with E-state index in [1.807, 2.05) is 6.92 Å². The molecule has 0 radical (unpaired) electrons. The molecular weight excluding hydrogens is 326 g/mol. The Hall–Kier alpha value is -2.57. The zero-order valence-electron chi connectivity index (χ0n) is 14.0. The normalized spacial score (nSPS) is 15.2. The number of aromatic nitrogens is 2. The lowest BCUT2D eigenvalue weighted by atomic mass is 9.95. The molecule has 1 aliphatic heterocycles. The van der Waals surface area contributed by atoms with Gasteiger partial charge in [-0.1, -0.05) is 0 Å². The molecule has 132 valence electrons. The van der Waals surface area contributed by atoms with Gasteiger partial charge in [0, 0.05) is 49.7 Å². The van der Waals surface area contributed by atoms with Crippen LogP contribution in [0.25, 0.3) is 0 Å². The highest BCUT2D eigenvalue weighted by atomic mass is 19.2. The highest BCUT2D eigenvalue weighted by Gasteiger charge is 2.29. The summed E-state index contributed by atoms with van der Waals surface area (Å²) < 4.78 is 26.6. The molecule has 2 heterocycles. The minimum absolute atomic E-state index is 0.0536. The summed E-state index contributed by atoms with van der Waals surface area (Å²) in [6, 6.07) is 5.33. The molecule has 1 saturated heterocycles. The van der Waals surface area contributed by atoms with Gasteiger partial charge in [0.1, 0.15) is 0 Å². The van der Waals surface area contributed by atoms with Gasteiger partial charge < -0.3 is 9.80 Å². The maximum atomic E-state index is 13.5. The van der Waals surface area contributed by atoms with Crippen molar-refractivity contribution in [1.29, 1.82) is 0 Å². The Morgan fingerprint density at radius 1 is 1.20 bits per heavy atom. The number of piperidine rings is 1. The van der Waals surface area contributed by atoms with E-state index in [9.17, 15) is 13.6 Å². The first-order valence-electron chi connectivity index (χ1n) is 8.38. The van der Waals surface area contributed by atoms with Crippen LogP contribution in [0.2, 0.25) is 0 Å². The molecule has 5 nitrogen and oxygen atoms in total. The van der Waals surface area contributed by atoms with E-state index < -0.39 is 11.6 Å². The van der Waals surface area contributed by atoms with Gasteiger partial charge in [-0.25, -0.2) is 18.7 Å². The fourth-order valence-electron chi connectivity index (χ4n) is 3.12. The fraction of sp³-hybridized carbons (Fsp3) is 0.389. The Labute approximate surface area is 145 Å². The first-order chi connectivity index (χ1) is 12.1. The van der Waals surface area contributed by atoms with Crippen LogP contribution in [-0.2, 0) is 4.79 Å². The highest BCUT2D eigenvalue weighted by molar-refractivity contribution is 5.95. The molecule has 0 saturated carbocycles. The van der Waals surface area contributed by atoms with Gasteiger partial charge in [0.05, 0.1) is 0 Å². The zero-order valence-corrected chi connectivity index (χ0v) is 14.0. The molecule has 2 aromatic rings. The molecule has 1 fully saturated rings. The van der Waals surface area contributed by atoms with E-state index in [0.717, 1.165) is 12.1 Å². The summed E-state index contributed by atoms with van der Waals surface area (Å²) in [4.78, 5) is 24.9. The lowest BCUT2D eigenvalue weighted by Crippen LogP contribution is -2.43. The van der Waals surface area contributed by atoms with Crippen LogP contribution in [0.3, 0.4) is 0 Å². The molecule has 25 heavy (non-hydrogen) atoms. The number of carbonyl (C=O) groups is 1. The molecule has 3 rings (SSSR count). The Morgan fingerprint density at radius 3 is 2.48 bits per heavy atom. The van der Waals surface area contributed by atoms with Crippen molar-refractivity contribution in [3.8, 4) is 0 Å². The minimum atomic E-state index is -0.945. The molecule has 0 atom stereocenters. The number of anilines is 2. The van der Waals surface area contributed by atoms with Crippen LogP contribution in [-0.4, -0.2) is 35.5 Å². The Bertz CT molecular complexity index is 733. The van der Waals surface area contributed by atoms with Crippen LogP contribution in [0, 0.1) is 17.6 Å². The summed E-state index contributed by atoms with van der Waals surface area (Å²) in [5.41, 5.74) is 0.389. The molecule has 7 heteroatoms. The van der Waals surface area contributed by atoms with Crippen molar-refractivity contribution in [2.75, 3.05) is 29.4 Å². The van der Waals surface area contributed by atoms with Crippen LogP contribution < -0.4 is 9.80 Å². The number of nitrogens with zero attached hydrogens (tertiary/aromatic N) is 4. The van der Waals surface area contributed by atoms with Crippen molar-refractivity contribution < 1.29 is 13.6 Å². The number of hydrogen-bond acceptors (Lipinski definition) is 4. The standard InChI is InChI=1S/C18H20F2N4O/c1-2-24(14-4-5-15(19)16(20)12-14)17(25)13-6-10-23(11-7-13)18-21-8-3-9-22-18/h3-5,8-9,12-13H,2,6-7,10-11H2,1H3. The SMILES string of the molecule is CCN(C(=O)C1CCN(c2ncccn2)CC1)c1ccc(F)c(F)c1. The lowest BCUT2D eigenvalue weighted by molar-refractivity contribution is -0.122. The molecular formula is C18H20F2N4O. The maximum Gasteiger partial charge on any atom is 0.230 e. The third-order valence-electron chi connectivity index (χ3n) is 4.48. The van der Waals surface area contributed by atoms with Crippen LogP contribution in [0.1, 0.15) is 19.8 Å². The van der Waals surface area contributed by atoms with Gasteiger partial charge in [-0.15, -0.1) is 0 Å². The zero-order chi connectivity index (χ0) is 17.8. The van der Waals surface area contributed by atoms with Gasteiger partial charge in [0.2, 0.25) is 11.9 Å². The molecule has 0 bridgehead atoms. The van der Waals surface area contributed by atoms with Gasteiger partial charge in [0.25, 0.3) is 0 Å². The predicted octanol–water partition coefficient (Wildman–Crippen LogP) is 3.02. The highest BCUT2D eigenvalue weighted by Crippen LogP contribution is 2.25. The molecule has 1 aromatic heterocycles.